The highest BCUT2D eigenvalue weighted by atomic mass is 16.1. The van der Waals surface area contributed by atoms with Gasteiger partial charge in [0.05, 0.1) is 12.2 Å². The molecule has 5 nitrogen and oxygen atoms in total. The lowest BCUT2D eigenvalue weighted by atomic mass is 10.1. The van der Waals surface area contributed by atoms with E-state index < -0.39 is 0 Å². The second-order valence-electron chi connectivity index (χ2n) is 5.54. The highest BCUT2D eigenvalue weighted by Gasteiger charge is 2.21. The molecule has 1 saturated heterocycles. The minimum atomic E-state index is -0.179. The number of carbonyl (C=O) groups excluding carboxylic acids is 1. The van der Waals surface area contributed by atoms with E-state index in [1.807, 2.05) is 18.2 Å². The molecule has 2 aromatic rings. The van der Waals surface area contributed by atoms with Crippen molar-refractivity contribution in [2.24, 2.45) is 0 Å². The van der Waals surface area contributed by atoms with E-state index >= 15 is 0 Å². The zero-order valence-corrected chi connectivity index (χ0v) is 12.5. The molecule has 1 aliphatic rings. The smallest absolute Gasteiger partial charge is 0.272 e. The molecule has 5 heteroatoms. The monoisotopic (exact) mass is 296 g/mol. The van der Waals surface area contributed by atoms with Crippen LogP contribution in [-0.4, -0.2) is 40.4 Å². The number of nitrogens with one attached hydrogen (secondary N) is 1. The van der Waals surface area contributed by atoms with Gasteiger partial charge in [0, 0.05) is 18.9 Å². The standard InChI is InChI=1S/C17H20N4O/c22-17(15-12-18-8-9-19-15)20-16(13-21-10-4-5-11-21)14-6-2-1-3-7-14/h1-3,6-9,12,16H,4-5,10-11,13H2,(H,20,22). The molecule has 1 fully saturated rings. The number of nitrogens with zero attached hydrogens (tertiary/aromatic N) is 3. The molecule has 1 unspecified atom stereocenters. The molecule has 1 amide bonds. The molecular weight excluding hydrogens is 276 g/mol. The molecule has 1 N–H and O–H groups in total. The van der Waals surface area contributed by atoms with Crippen molar-refractivity contribution in [3.8, 4) is 0 Å². The average Bonchev–Trinajstić information content (AvgIpc) is 3.09. The van der Waals surface area contributed by atoms with Crippen molar-refractivity contribution in [1.29, 1.82) is 0 Å². The number of likely N-dealkylation sites (tertiary alicyclic amines) is 1. The van der Waals surface area contributed by atoms with Crippen LogP contribution in [0, 0.1) is 0 Å². The number of benzene rings is 1. The first-order valence-corrected chi connectivity index (χ1v) is 7.67. The van der Waals surface area contributed by atoms with Crippen LogP contribution >= 0.6 is 0 Å². The summed E-state index contributed by atoms with van der Waals surface area (Å²) in [5, 5.41) is 3.09. The fraction of sp³-hybridized carbons (Fsp3) is 0.353. The van der Waals surface area contributed by atoms with Crippen molar-refractivity contribution in [3.63, 3.8) is 0 Å². The second-order valence-corrected chi connectivity index (χ2v) is 5.54. The molecule has 1 aliphatic heterocycles. The topological polar surface area (TPSA) is 58.1 Å². The van der Waals surface area contributed by atoms with Gasteiger partial charge >= 0.3 is 0 Å². The minimum Gasteiger partial charge on any atom is -0.343 e. The Morgan fingerprint density at radius 3 is 2.64 bits per heavy atom. The Bertz CT molecular complexity index is 597. The summed E-state index contributed by atoms with van der Waals surface area (Å²) in [6.45, 7) is 3.03. The summed E-state index contributed by atoms with van der Waals surface area (Å²) >= 11 is 0. The van der Waals surface area contributed by atoms with Crippen LogP contribution in [0.15, 0.2) is 48.9 Å². The Balaban J connectivity index is 1.74. The van der Waals surface area contributed by atoms with Crippen molar-refractivity contribution >= 4 is 5.91 Å². The van der Waals surface area contributed by atoms with E-state index in [0.717, 1.165) is 25.2 Å². The Morgan fingerprint density at radius 2 is 1.95 bits per heavy atom. The van der Waals surface area contributed by atoms with Crippen LogP contribution in [0.2, 0.25) is 0 Å². The maximum Gasteiger partial charge on any atom is 0.272 e. The van der Waals surface area contributed by atoms with Crippen LogP contribution in [0.3, 0.4) is 0 Å². The summed E-state index contributed by atoms with van der Waals surface area (Å²) in [6, 6.07) is 10.1. The lowest BCUT2D eigenvalue weighted by Gasteiger charge is -2.24. The molecule has 0 saturated carbocycles. The Labute approximate surface area is 130 Å². The highest BCUT2D eigenvalue weighted by molar-refractivity contribution is 5.92. The Kier molecular flexibility index (Phi) is 4.75. The molecule has 2 heterocycles. The number of hydrogen-bond donors (Lipinski definition) is 1. The number of hydrogen-bond acceptors (Lipinski definition) is 4. The molecule has 1 aromatic heterocycles. The third kappa shape index (κ3) is 3.68. The van der Waals surface area contributed by atoms with Crippen LogP contribution in [0.4, 0.5) is 0 Å². The van der Waals surface area contributed by atoms with E-state index in [-0.39, 0.29) is 11.9 Å². The summed E-state index contributed by atoms with van der Waals surface area (Å²) in [6.07, 6.45) is 7.06. The summed E-state index contributed by atoms with van der Waals surface area (Å²) in [5.74, 6) is -0.179. The first kappa shape index (κ1) is 14.7. The van der Waals surface area contributed by atoms with Gasteiger partial charge in [-0.25, -0.2) is 4.98 Å². The number of carbonyl (C=O) groups is 1. The highest BCUT2D eigenvalue weighted by Crippen LogP contribution is 2.18. The molecule has 0 spiro atoms. The summed E-state index contributed by atoms with van der Waals surface area (Å²) in [4.78, 5) is 22.8. The van der Waals surface area contributed by atoms with Gasteiger partial charge < -0.3 is 10.2 Å². The SMILES string of the molecule is O=C(NC(CN1CCCC1)c1ccccc1)c1cnccn1. The first-order valence-electron chi connectivity index (χ1n) is 7.67. The number of amides is 1. The Morgan fingerprint density at radius 1 is 1.18 bits per heavy atom. The third-order valence-corrected chi connectivity index (χ3v) is 3.94. The van der Waals surface area contributed by atoms with Crippen LogP contribution in [0.25, 0.3) is 0 Å². The zero-order valence-electron chi connectivity index (χ0n) is 12.5. The van der Waals surface area contributed by atoms with Crippen LogP contribution in [-0.2, 0) is 0 Å². The van der Waals surface area contributed by atoms with Gasteiger partial charge in [0.1, 0.15) is 5.69 Å². The summed E-state index contributed by atoms with van der Waals surface area (Å²) in [7, 11) is 0. The van der Waals surface area contributed by atoms with E-state index in [0.29, 0.717) is 5.69 Å². The summed E-state index contributed by atoms with van der Waals surface area (Å²) < 4.78 is 0. The van der Waals surface area contributed by atoms with Gasteiger partial charge in [0.2, 0.25) is 0 Å². The van der Waals surface area contributed by atoms with Gasteiger partial charge in [-0.1, -0.05) is 30.3 Å². The fourth-order valence-electron chi connectivity index (χ4n) is 2.79. The molecular formula is C17H20N4O. The van der Waals surface area contributed by atoms with Gasteiger partial charge in [-0.3, -0.25) is 9.78 Å². The quantitative estimate of drug-likeness (QED) is 0.917. The van der Waals surface area contributed by atoms with Gasteiger partial charge in [0.15, 0.2) is 0 Å². The molecule has 1 aromatic carbocycles. The second kappa shape index (κ2) is 7.13. The van der Waals surface area contributed by atoms with Gasteiger partial charge in [-0.15, -0.1) is 0 Å². The zero-order chi connectivity index (χ0) is 15.2. The van der Waals surface area contributed by atoms with Crippen molar-refractivity contribution in [2.45, 2.75) is 18.9 Å². The molecule has 1 atom stereocenters. The normalized spacial score (nSPS) is 16.4. The van der Waals surface area contributed by atoms with E-state index in [1.165, 1.54) is 25.2 Å². The summed E-state index contributed by atoms with van der Waals surface area (Å²) in [5.41, 5.74) is 1.47. The van der Waals surface area contributed by atoms with E-state index in [1.54, 1.807) is 6.20 Å². The van der Waals surface area contributed by atoms with E-state index in [9.17, 15) is 4.79 Å². The largest absolute Gasteiger partial charge is 0.343 e. The predicted molar refractivity (Wildman–Crippen MR) is 84.4 cm³/mol. The van der Waals surface area contributed by atoms with E-state index in [2.05, 4.69) is 32.3 Å². The lowest BCUT2D eigenvalue weighted by Crippen LogP contribution is -2.37. The molecule has 0 bridgehead atoms. The molecule has 22 heavy (non-hydrogen) atoms. The third-order valence-electron chi connectivity index (χ3n) is 3.94. The van der Waals surface area contributed by atoms with Crippen LogP contribution in [0.1, 0.15) is 34.9 Å². The molecule has 0 radical (unpaired) electrons. The first-order chi connectivity index (χ1) is 10.8. The van der Waals surface area contributed by atoms with Crippen LogP contribution in [0.5, 0.6) is 0 Å². The molecule has 3 rings (SSSR count). The van der Waals surface area contributed by atoms with Crippen molar-refractivity contribution in [2.75, 3.05) is 19.6 Å². The maximum atomic E-state index is 12.4. The lowest BCUT2D eigenvalue weighted by molar-refractivity contribution is 0.0921. The van der Waals surface area contributed by atoms with Crippen LogP contribution < -0.4 is 5.32 Å². The number of aromatic nitrogens is 2. The molecule has 114 valence electrons. The molecule has 0 aliphatic carbocycles. The maximum absolute atomic E-state index is 12.4. The number of rotatable bonds is 5. The van der Waals surface area contributed by atoms with Gasteiger partial charge in [0.25, 0.3) is 5.91 Å². The Hall–Kier alpha value is -2.27. The van der Waals surface area contributed by atoms with Crippen molar-refractivity contribution in [1.82, 2.24) is 20.2 Å². The minimum absolute atomic E-state index is 0.0335. The predicted octanol–water partition coefficient (Wildman–Crippen LogP) is 2.04. The van der Waals surface area contributed by atoms with Crippen molar-refractivity contribution < 1.29 is 4.79 Å². The van der Waals surface area contributed by atoms with Gasteiger partial charge in [-0.2, -0.15) is 0 Å². The van der Waals surface area contributed by atoms with Gasteiger partial charge in [-0.05, 0) is 31.5 Å². The fourth-order valence-corrected chi connectivity index (χ4v) is 2.79. The van der Waals surface area contributed by atoms with E-state index in [4.69, 9.17) is 0 Å². The average molecular weight is 296 g/mol. The van der Waals surface area contributed by atoms with Crippen molar-refractivity contribution in [3.05, 3.63) is 60.2 Å².